The molecule has 0 aliphatic heterocycles. The summed E-state index contributed by atoms with van der Waals surface area (Å²) in [7, 11) is 0. The van der Waals surface area contributed by atoms with Crippen LogP contribution in [0.1, 0.15) is 11.1 Å². The van der Waals surface area contributed by atoms with Crippen LogP contribution in [0.3, 0.4) is 0 Å². The van der Waals surface area contributed by atoms with Crippen LogP contribution in [0.5, 0.6) is 5.75 Å². The number of ether oxygens (including phenoxy) is 1. The van der Waals surface area contributed by atoms with E-state index in [2.05, 4.69) is 16.3 Å². The minimum Gasteiger partial charge on any atom is -0.406 e. The van der Waals surface area contributed by atoms with Crippen molar-refractivity contribution in [2.75, 3.05) is 0 Å². The lowest BCUT2D eigenvalue weighted by molar-refractivity contribution is -0.274. The number of alkyl halides is 3. The molecule has 18 heavy (non-hydrogen) atoms. The van der Waals surface area contributed by atoms with Crippen molar-refractivity contribution in [3.63, 3.8) is 0 Å². The third kappa shape index (κ3) is 4.43. The second-order valence-electron chi connectivity index (χ2n) is 3.38. The summed E-state index contributed by atoms with van der Waals surface area (Å²) in [5, 5.41) is 0. The Morgan fingerprint density at radius 2 is 2.11 bits per heavy atom. The van der Waals surface area contributed by atoms with Crippen molar-refractivity contribution in [1.82, 2.24) is 0 Å². The van der Waals surface area contributed by atoms with E-state index in [0.29, 0.717) is 17.5 Å². The van der Waals surface area contributed by atoms with Crippen molar-refractivity contribution < 1.29 is 22.7 Å². The number of aliphatic imine (C=N–C) groups is 1. The second-order valence-corrected chi connectivity index (χ2v) is 3.38. The van der Waals surface area contributed by atoms with Crippen LogP contribution in [0.2, 0.25) is 0 Å². The van der Waals surface area contributed by atoms with Gasteiger partial charge in [-0.1, -0.05) is 12.1 Å². The Morgan fingerprint density at radius 1 is 1.39 bits per heavy atom. The first-order valence-electron chi connectivity index (χ1n) is 4.98. The molecule has 0 unspecified atom stereocenters. The van der Waals surface area contributed by atoms with Gasteiger partial charge in [-0.3, -0.25) is 0 Å². The van der Waals surface area contributed by atoms with E-state index in [9.17, 15) is 18.0 Å². The fourth-order valence-electron chi connectivity index (χ4n) is 1.42. The lowest BCUT2D eigenvalue weighted by atomic mass is 10.0. The van der Waals surface area contributed by atoms with Gasteiger partial charge in [-0.25, -0.2) is 9.79 Å². The fourth-order valence-corrected chi connectivity index (χ4v) is 1.42. The van der Waals surface area contributed by atoms with Crippen molar-refractivity contribution in [1.29, 1.82) is 0 Å². The number of hydrogen-bond donors (Lipinski definition) is 0. The van der Waals surface area contributed by atoms with Gasteiger partial charge in [-0.2, -0.15) is 0 Å². The molecule has 0 heterocycles. The number of carbonyl (C=O) groups excluding carboxylic acids is 1. The maximum atomic E-state index is 12.0. The van der Waals surface area contributed by atoms with Crippen LogP contribution in [0.4, 0.5) is 13.2 Å². The van der Waals surface area contributed by atoms with E-state index in [1.54, 1.807) is 6.08 Å². The Labute approximate surface area is 102 Å². The Kier molecular flexibility index (Phi) is 4.68. The minimum absolute atomic E-state index is 0.0684. The van der Waals surface area contributed by atoms with Gasteiger partial charge >= 0.3 is 6.36 Å². The van der Waals surface area contributed by atoms with Gasteiger partial charge in [0, 0.05) is 0 Å². The highest BCUT2D eigenvalue weighted by Gasteiger charge is 2.31. The third-order valence-electron chi connectivity index (χ3n) is 2.09. The summed E-state index contributed by atoms with van der Waals surface area (Å²) in [6.45, 7) is 3.58. The molecule has 0 aromatic heterocycles. The summed E-state index contributed by atoms with van der Waals surface area (Å²) in [4.78, 5) is 13.4. The highest BCUT2D eigenvalue weighted by atomic mass is 19.4. The summed E-state index contributed by atoms with van der Waals surface area (Å²) >= 11 is 0. The molecule has 0 aliphatic carbocycles. The van der Waals surface area contributed by atoms with Crippen LogP contribution >= 0.6 is 0 Å². The number of nitrogens with zero attached hydrogens (tertiary/aromatic N) is 1. The van der Waals surface area contributed by atoms with Crippen LogP contribution in [0.15, 0.2) is 35.8 Å². The number of benzene rings is 1. The van der Waals surface area contributed by atoms with E-state index < -0.39 is 6.36 Å². The zero-order valence-corrected chi connectivity index (χ0v) is 9.33. The fraction of sp³-hybridized carbons (Fsp3) is 0.250. The van der Waals surface area contributed by atoms with E-state index in [0.717, 1.165) is 0 Å². The molecule has 6 heteroatoms. The van der Waals surface area contributed by atoms with E-state index >= 15 is 0 Å². The summed E-state index contributed by atoms with van der Waals surface area (Å²) in [6.07, 6.45) is -1.45. The first-order chi connectivity index (χ1) is 8.46. The average molecular weight is 257 g/mol. The van der Waals surface area contributed by atoms with Gasteiger partial charge in [-0.15, -0.1) is 19.8 Å². The maximum absolute atomic E-state index is 12.0. The topological polar surface area (TPSA) is 38.7 Å². The smallest absolute Gasteiger partial charge is 0.406 e. The summed E-state index contributed by atoms with van der Waals surface area (Å²) in [6, 6.07) is 3.86. The third-order valence-corrected chi connectivity index (χ3v) is 2.09. The van der Waals surface area contributed by atoms with E-state index in [4.69, 9.17) is 0 Å². The molecule has 0 amide bonds. The van der Waals surface area contributed by atoms with Crippen LogP contribution in [0.25, 0.3) is 0 Å². The quantitative estimate of drug-likeness (QED) is 0.461. The zero-order valence-electron chi connectivity index (χ0n) is 9.33. The molecule has 96 valence electrons. The molecule has 0 spiro atoms. The molecular weight excluding hydrogens is 247 g/mol. The number of halogens is 3. The predicted molar refractivity (Wildman–Crippen MR) is 58.9 cm³/mol. The minimum atomic E-state index is -4.73. The number of rotatable bonds is 5. The maximum Gasteiger partial charge on any atom is 0.573 e. The molecule has 0 atom stereocenters. The number of allylic oxidation sites excluding steroid dienone is 1. The highest BCUT2D eigenvalue weighted by Crippen LogP contribution is 2.25. The van der Waals surface area contributed by atoms with Crippen molar-refractivity contribution in [3.8, 4) is 5.75 Å². The van der Waals surface area contributed by atoms with Crippen LogP contribution < -0.4 is 4.74 Å². The van der Waals surface area contributed by atoms with Crippen LogP contribution in [0, 0.1) is 0 Å². The van der Waals surface area contributed by atoms with E-state index in [1.165, 1.54) is 24.3 Å². The van der Waals surface area contributed by atoms with Gasteiger partial charge in [0.1, 0.15) is 5.75 Å². The molecule has 0 aliphatic rings. The van der Waals surface area contributed by atoms with Crippen molar-refractivity contribution in [2.45, 2.75) is 19.3 Å². The monoisotopic (exact) mass is 257 g/mol. The SMILES string of the molecule is C=CCc1cc(OC(F)(F)F)ccc1CN=C=O. The molecule has 0 saturated carbocycles. The summed E-state index contributed by atoms with van der Waals surface area (Å²) < 4.78 is 40.0. The van der Waals surface area contributed by atoms with Gasteiger partial charge in [0.2, 0.25) is 6.08 Å². The molecule has 0 saturated heterocycles. The standard InChI is InChI=1S/C12H10F3NO2/c1-2-3-9-6-11(18-12(13,14)15)5-4-10(9)7-16-8-17/h2,4-6H,1,3,7H2. The lowest BCUT2D eigenvalue weighted by Gasteiger charge is -2.11. The molecule has 0 radical (unpaired) electrons. The second kappa shape index (κ2) is 6.02. The Morgan fingerprint density at radius 3 is 2.67 bits per heavy atom. The first-order valence-corrected chi connectivity index (χ1v) is 4.98. The zero-order chi connectivity index (χ0) is 13.6. The molecule has 1 rings (SSSR count). The molecular formula is C12H10F3NO2. The van der Waals surface area contributed by atoms with E-state index in [1.807, 2.05) is 0 Å². The Balaban J connectivity index is 3.01. The molecule has 1 aromatic rings. The van der Waals surface area contributed by atoms with Crippen molar-refractivity contribution in [3.05, 3.63) is 42.0 Å². The van der Waals surface area contributed by atoms with Gasteiger partial charge in [0.25, 0.3) is 0 Å². The predicted octanol–water partition coefficient (Wildman–Crippen LogP) is 3.15. The lowest BCUT2D eigenvalue weighted by Crippen LogP contribution is -2.17. The molecule has 1 aromatic carbocycles. The molecule has 3 nitrogen and oxygen atoms in total. The van der Waals surface area contributed by atoms with Gasteiger partial charge in [-0.05, 0) is 29.7 Å². The normalized spacial score (nSPS) is 10.6. The number of hydrogen-bond acceptors (Lipinski definition) is 3. The van der Waals surface area contributed by atoms with Crippen molar-refractivity contribution >= 4 is 6.08 Å². The van der Waals surface area contributed by atoms with Gasteiger partial charge in [0.15, 0.2) is 0 Å². The first kappa shape index (κ1) is 14.0. The van der Waals surface area contributed by atoms with Gasteiger partial charge < -0.3 is 4.74 Å². The Hall–Kier alpha value is -2.07. The van der Waals surface area contributed by atoms with E-state index in [-0.39, 0.29) is 12.3 Å². The number of isocyanates is 1. The Bertz CT molecular complexity index is 477. The largest absolute Gasteiger partial charge is 0.573 e. The molecule has 0 bridgehead atoms. The molecule has 0 fully saturated rings. The summed E-state index contributed by atoms with van der Waals surface area (Å²) in [5.74, 6) is -0.307. The van der Waals surface area contributed by atoms with Crippen LogP contribution in [-0.2, 0) is 17.8 Å². The summed E-state index contributed by atoms with van der Waals surface area (Å²) in [5.41, 5.74) is 1.21. The molecule has 0 N–H and O–H groups in total. The van der Waals surface area contributed by atoms with Crippen LogP contribution in [-0.4, -0.2) is 12.4 Å². The highest BCUT2D eigenvalue weighted by molar-refractivity contribution is 5.39. The van der Waals surface area contributed by atoms with Gasteiger partial charge in [0.05, 0.1) is 6.54 Å². The average Bonchev–Trinajstić information content (AvgIpc) is 2.26. The van der Waals surface area contributed by atoms with Crippen molar-refractivity contribution in [2.24, 2.45) is 4.99 Å².